The zero-order chi connectivity index (χ0) is 19.9. The highest BCUT2D eigenvalue weighted by molar-refractivity contribution is 5.87. The Morgan fingerprint density at radius 3 is 2.36 bits per heavy atom. The van der Waals surface area contributed by atoms with Crippen molar-refractivity contribution in [3.05, 3.63) is 65.7 Å². The summed E-state index contributed by atoms with van der Waals surface area (Å²) in [6.45, 7) is 6.53. The van der Waals surface area contributed by atoms with Gasteiger partial charge in [0.2, 0.25) is 0 Å². The molecule has 1 atom stereocenters. The molecule has 2 aromatic carbocycles. The highest BCUT2D eigenvalue weighted by Crippen LogP contribution is 2.17. The van der Waals surface area contributed by atoms with Gasteiger partial charge in [-0.15, -0.1) is 0 Å². The van der Waals surface area contributed by atoms with E-state index in [-0.39, 0.29) is 0 Å². The van der Waals surface area contributed by atoms with Gasteiger partial charge in [0.05, 0.1) is 6.10 Å². The van der Waals surface area contributed by atoms with E-state index in [1.807, 2.05) is 24.3 Å². The first-order valence-electron chi connectivity index (χ1n) is 9.56. The van der Waals surface area contributed by atoms with Crippen LogP contribution in [0.15, 0.2) is 54.6 Å². The molecule has 1 heterocycles. The van der Waals surface area contributed by atoms with E-state index in [1.54, 1.807) is 12.1 Å². The second-order valence-electron chi connectivity index (χ2n) is 7.16. The molecule has 0 aliphatic carbocycles. The van der Waals surface area contributed by atoms with Crippen molar-refractivity contribution in [2.24, 2.45) is 5.73 Å². The van der Waals surface area contributed by atoms with Crippen molar-refractivity contribution in [2.45, 2.75) is 13.0 Å². The van der Waals surface area contributed by atoms with Crippen molar-refractivity contribution in [1.82, 2.24) is 4.90 Å². The second kappa shape index (κ2) is 9.39. The number of nitrogens with one attached hydrogen (secondary N) is 1. The van der Waals surface area contributed by atoms with E-state index < -0.39 is 12.1 Å². The standard InChI is InChI=1S/C22H28N4O2/c1-17-2-9-20(10-3-17)26-14-12-25(13-15-26)16-21(27)11-6-18-4-7-19(8-5-18)24-22(23)28/h2-11,21,27H,12-16H2,1H3,(H3,23,24,28)/b11-6+/t21-/m0/s1. The van der Waals surface area contributed by atoms with E-state index >= 15 is 0 Å². The minimum atomic E-state index is -0.582. The van der Waals surface area contributed by atoms with Crippen molar-refractivity contribution in [3.63, 3.8) is 0 Å². The molecule has 1 saturated heterocycles. The summed E-state index contributed by atoms with van der Waals surface area (Å²) in [5.74, 6) is 0. The fourth-order valence-electron chi connectivity index (χ4n) is 3.31. The topological polar surface area (TPSA) is 81.8 Å². The fourth-order valence-corrected chi connectivity index (χ4v) is 3.31. The number of urea groups is 1. The summed E-state index contributed by atoms with van der Waals surface area (Å²) >= 11 is 0. The fraction of sp³-hybridized carbons (Fsp3) is 0.318. The Kier molecular flexibility index (Phi) is 6.68. The molecule has 0 unspecified atom stereocenters. The Morgan fingerprint density at radius 2 is 1.75 bits per heavy atom. The van der Waals surface area contributed by atoms with Crippen LogP contribution in [0.5, 0.6) is 0 Å². The Hall–Kier alpha value is -2.83. The average molecular weight is 380 g/mol. The minimum Gasteiger partial charge on any atom is -0.388 e. The maximum Gasteiger partial charge on any atom is 0.316 e. The van der Waals surface area contributed by atoms with Crippen LogP contribution >= 0.6 is 0 Å². The lowest BCUT2D eigenvalue weighted by Gasteiger charge is -2.36. The number of piperazine rings is 1. The molecule has 0 saturated carbocycles. The Bertz CT molecular complexity index is 794. The molecule has 0 bridgehead atoms. The van der Waals surface area contributed by atoms with Crippen molar-refractivity contribution in [1.29, 1.82) is 0 Å². The Balaban J connectivity index is 1.45. The number of benzene rings is 2. The molecular weight excluding hydrogens is 352 g/mol. The van der Waals surface area contributed by atoms with Gasteiger partial charge in [-0.3, -0.25) is 4.90 Å². The number of nitrogens with zero attached hydrogens (tertiary/aromatic N) is 2. The predicted molar refractivity (Wildman–Crippen MR) is 115 cm³/mol. The van der Waals surface area contributed by atoms with Crippen LogP contribution in [0.25, 0.3) is 6.08 Å². The van der Waals surface area contributed by atoms with Gasteiger partial charge in [-0.05, 0) is 36.8 Å². The van der Waals surface area contributed by atoms with Gasteiger partial charge in [-0.2, -0.15) is 0 Å². The number of primary amides is 1. The van der Waals surface area contributed by atoms with Crippen LogP contribution in [0.1, 0.15) is 11.1 Å². The molecule has 1 aliphatic heterocycles. The molecule has 6 heteroatoms. The summed E-state index contributed by atoms with van der Waals surface area (Å²) in [6, 6.07) is 15.4. The lowest BCUT2D eigenvalue weighted by molar-refractivity contribution is 0.142. The second-order valence-corrected chi connectivity index (χ2v) is 7.16. The van der Waals surface area contributed by atoms with Crippen LogP contribution in [0, 0.1) is 6.92 Å². The Morgan fingerprint density at radius 1 is 1.11 bits per heavy atom. The number of carbonyl (C=O) groups excluding carboxylic acids is 1. The first kappa shape index (κ1) is 19.9. The summed E-state index contributed by atoms with van der Waals surface area (Å²) in [5.41, 5.74) is 9.24. The number of aliphatic hydroxyl groups is 1. The van der Waals surface area contributed by atoms with Gasteiger partial charge in [-0.25, -0.2) is 4.79 Å². The van der Waals surface area contributed by atoms with Crippen molar-refractivity contribution in [3.8, 4) is 0 Å². The van der Waals surface area contributed by atoms with Crippen LogP contribution in [-0.2, 0) is 0 Å². The summed E-state index contributed by atoms with van der Waals surface area (Å²) < 4.78 is 0. The van der Waals surface area contributed by atoms with E-state index in [9.17, 15) is 9.90 Å². The number of aliphatic hydroxyl groups excluding tert-OH is 1. The number of nitrogens with two attached hydrogens (primary N) is 1. The average Bonchev–Trinajstić information content (AvgIpc) is 2.68. The van der Waals surface area contributed by atoms with Gasteiger partial charge in [0.15, 0.2) is 0 Å². The van der Waals surface area contributed by atoms with Gasteiger partial charge >= 0.3 is 6.03 Å². The number of amides is 2. The van der Waals surface area contributed by atoms with Crippen LogP contribution < -0.4 is 16.0 Å². The smallest absolute Gasteiger partial charge is 0.316 e. The minimum absolute atomic E-state index is 0.519. The summed E-state index contributed by atoms with van der Waals surface area (Å²) in [6.07, 6.45) is 3.18. The van der Waals surface area contributed by atoms with E-state index in [0.29, 0.717) is 12.2 Å². The number of rotatable bonds is 6. The molecule has 1 aliphatic rings. The van der Waals surface area contributed by atoms with Crippen LogP contribution in [0.3, 0.4) is 0 Å². The third kappa shape index (κ3) is 5.84. The molecule has 2 aromatic rings. The molecule has 6 nitrogen and oxygen atoms in total. The number of hydrogen-bond donors (Lipinski definition) is 3. The quantitative estimate of drug-likeness (QED) is 0.720. The van der Waals surface area contributed by atoms with Crippen molar-refractivity contribution < 1.29 is 9.90 Å². The SMILES string of the molecule is Cc1ccc(N2CCN(C[C@@H](O)/C=C/c3ccc(NC(N)=O)cc3)CC2)cc1. The highest BCUT2D eigenvalue weighted by atomic mass is 16.3. The number of anilines is 2. The number of β-amino-alcohol motifs (C(OH)–C–C–N with tert-alkyl or cyclic N) is 1. The molecule has 1 fully saturated rings. The van der Waals surface area contributed by atoms with Gasteiger partial charge in [0.25, 0.3) is 0 Å². The maximum absolute atomic E-state index is 10.8. The highest BCUT2D eigenvalue weighted by Gasteiger charge is 2.18. The molecular formula is C22H28N4O2. The monoisotopic (exact) mass is 380 g/mol. The van der Waals surface area contributed by atoms with Crippen molar-refractivity contribution >= 4 is 23.5 Å². The maximum atomic E-state index is 10.8. The zero-order valence-corrected chi connectivity index (χ0v) is 16.2. The first-order valence-corrected chi connectivity index (χ1v) is 9.56. The number of hydrogen-bond acceptors (Lipinski definition) is 4. The van der Waals surface area contributed by atoms with Gasteiger partial charge in [0.1, 0.15) is 0 Å². The predicted octanol–water partition coefficient (Wildman–Crippen LogP) is 2.68. The zero-order valence-electron chi connectivity index (χ0n) is 16.2. The number of aryl methyl sites for hydroxylation is 1. The van der Waals surface area contributed by atoms with E-state index in [0.717, 1.165) is 31.7 Å². The summed E-state index contributed by atoms with van der Waals surface area (Å²) in [5, 5.41) is 12.9. The Labute approximate surface area is 166 Å². The molecule has 28 heavy (non-hydrogen) atoms. The third-order valence-corrected chi connectivity index (χ3v) is 4.91. The van der Waals surface area contributed by atoms with Gasteiger partial charge in [-0.1, -0.05) is 42.0 Å². The lowest BCUT2D eigenvalue weighted by atomic mass is 10.1. The molecule has 148 valence electrons. The molecule has 0 radical (unpaired) electrons. The van der Waals surface area contributed by atoms with Crippen LogP contribution in [0.2, 0.25) is 0 Å². The van der Waals surface area contributed by atoms with Gasteiger partial charge < -0.3 is 21.1 Å². The van der Waals surface area contributed by atoms with Crippen molar-refractivity contribution in [2.75, 3.05) is 42.9 Å². The molecule has 4 N–H and O–H groups in total. The summed E-state index contributed by atoms with van der Waals surface area (Å²) in [7, 11) is 0. The molecule has 2 amide bonds. The van der Waals surface area contributed by atoms with Gasteiger partial charge in [0, 0.05) is 44.1 Å². The van der Waals surface area contributed by atoms with Crippen LogP contribution in [0.4, 0.5) is 16.2 Å². The summed E-state index contributed by atoms with van der Waals surface area (Å²) in [4.78, 5) is 15.5. The van der Waals surface area contributed by atoms with E-state index in [4.69, 9.17) is 5.73 Å². The third-order valence-electron chi connectivity index (χ3n) is 4.91. The largest absolute Gasteiger partial charge is 0.388 e. The number of carbonyl (C=O) groups is 1. The van der Waals surface area contributed by atoms with E-state index in [1.165, 1.54) is 11.3 Å². The first-order chi connectivity index (χ1) is 13.5. The van der Waals surface area contributed by atoms with E-state index in [2.05, 4.69) is 46.3 Å². The lowest BCUT2D eigenvalue weighted by Crippen LogP contribution is -2.48. The molecule has 3 rings (SSSR count). The molecule has 0 aromatic heterocycles. The molecule has 0 spiro atoms. The normalized spacial score (nSPS) is 16.3. The van der Waals surface area contributed by atoms with Crippen LogP contribution in [-0.4, -0.2) is 54.9 Å².